The summed E-state index contributed by atoms with van der Waals surface area (Å²) in [5.41, 5.74) is 28.5. The Labute approximate surface area is 462 Å². The van der Waals surface area contributed by atoms with Crippen LogP contribution in [-0.2, 0) is 0 Å². The highest BCUT2D eigenvalue weighted by Crippen LogP contribution is 2.53. The van der Waals surface area contributed by atoms with E-state index in [0.717, 1.165) is 45.5 Å². The molecule has 370 valence electrons. The molecular weight excluding hydrogens is 972 g/mol. The molecule has 0 saturated heterocycles. The predicted molar refractivity (Wildman–Crippen MR) is 334 cm³/mol. The molecule has 8 heterocycles. The quantitative estimate of drug-likeness (QED) is 0.155. The maximum absolute atomic E-state index is 4.92. The summed E-state index contributed by atoms with van der Waals surface area (Å²) in [4.78, 5) is 17.4. The summed E-state index contributed by atoms with van der Waals surface area (Å²) in [5, 5.41) is 4.96. The van der Waals surface area contributed by atoms with Gasteiger partial charge in [0.1, 0.15) is 0 Å². The van der Waals surface area contributed by atoms with Crippen molar-refractivity contribution >= 4 is 141 Å². The van der Waals surface area contributed by atoms with Crippen molar-refractivity contribution in [3.05, 3.63) is 261 Å². The largest absolute Gasteiger partial charge is 0.310 e. The second-order valence-electron chi connectivity index (χ2n) is 21.7. The molecule has 0 aliphatic carbocycles. The van der Waals surface area contributed by atoms with Crippen LogP contribution in [0.3, 0.4) is 0 Å². The summed E-state index contributed by atoms with van der Waals surface area (Å²) in [6, 6.07) is 85.4. The fourth-order valence-electron chi connectivity index (χ4n) is 14.8. The van der Waals surface area contributed by atoms with Gasteiger partial charge in [0.25, 0.3) is 13.4 Å². The average Bonchev–Trinajstić information content (AvgIpc) is 3.88. The number of para-hydroxylation sites is 6. The number of hydrogen-bond acceptors (Lipinski definition) is 5. The Morgan fingerprint density at radius 2 is 0.863 bits per heavy atom. The zero-order valence-corrected chi connectivity index (χ0v) is 43.5. The number of fused-ring (bicyclic) bond motifs is 16. The molecule has 0 unspecified atom stereocenters. The summed E-state index contributed by atoms with van der Waals surface area (Å²) >= 11 is 0. The Kier molecular flexibility index (Phi) is 8.92. The minimum atomic E-state index is -0.137. The molecular formula is C71H45B2N7. The van der Waals surface area contributed by atoms with Crippen molar-refractivity contribution in [1.29, 1.82) is 0 Å². The van der Waals surface area contributed by atoms with Gasteiger partial charge in [-0.3, -0.25) is 9.97 Å². The molecule has 4 aliphatic heterocycles. The van der Waals surface area contributed by atoms with Gasteiger partial charge in [0.05, 0.1) is 51.5 Å². The van der Waals surface area contributed by atoms with Crippen LogP contribution in [0.1, 0.15) is 5.56 Å². The van der Waals surface area contributed by atoms with Crippen molar-refractivity contribution in [2.75, 3.05) is 14.7 Å². The van der Waals surface area contributed by atoms with Gasteiger partial charge in [0, 0.05) is 79.4 Å². The molecule has 18 rings (SSSR count). The molecule has 0 amide bonds. The van der Waals surface area contributed by atoms with E-state index in [1.54, 1.807) is 0 Å². The Bertz CT molecular complexity index is 4890. The van der Waals surface area contributed by atoms with Gasteiger partial charge in [-0.05, 0) is 141 Å². The van der Waals surface area contributed by atoms with E-state index in [1.165, 1.54) is 110 Å². The Hall–Kier alpha value is -10.4. The molecule has 4 aromatic heterocycles. The first-order valence-corrected chi connectivity index (χ1v) is 27.6. The topological polar surface area (TPSA) is 45.4 Å². The van der Waals surface area contributed by atoms with Gasteiger partial charge in [-0.1, -0.05) is 146 Å². The van der Waals surface area contributed by atoms with Crippen LogP contribution >= 0.6 is 0 Å². The van der Waals surface area contributed by atoms with E-state index in [2.05, 4.69) is 261 Å². The van der Waals surface area contributed by atoms with Crippen molar-refractivity contribution in [2.45, 2.75) is 6.92 Å². The summed E-state index contributed by atoms with van der Waals surface area (Å²) in [5.74, 6) is 0. The molecule has 0 atom stereocenters. The smallest absolute Gasteiger partial charge is 0.252 e. The summed E-state index contributed by atoms with van der Waals surface area (Å²) < 4.78 is 5.14. The minimum absolute atomic E-state index is 0.108. The van der Waals surface area contributed by atoms with E-state index >= 15 is 0 Å². The van der Waals surface area contributed by atoms with Crippen LogP contribution in [0.25, 0.3) is 66.1 Å². The normalized spacial score (nSPS) is 13.2. The molecule has 0 N–H and O–H groups in total. The van der Waals surface area contributed by atoms with Crippen molar-refractivity contribution in [3.63, 3.8) is 0 Å². The molecule has 0 saturated carbocycles. The van der Waals surface area contributed by atoms with Crippen LogP contribution in [-0.4, -0.2) is 32.5 Å². The molecule has 0 spiro atoms. The van der Waals surface area contributed by atoms with Gasteiger partial charge in [-0.25, -0.2) is 0 Å². The second kappa shape index (κ2) is 16.3. The van der Waals surface area contributed by atoms with Crippen LogP contribution in [0.15, 0.2) is 255 Å². The predicted octanol–water partition coefficient (Wildman–Crippen LogP) is 13.3. The number of aromatic nitrogens is 4. The van der Waals surface area contributed by atoms with Crippen molar-refractivity contribution in [1.82, 2.24) is 19.1 Å². The molecule has 4 aliphatic rings. The van der Waals surface area contributed by atoms with E-state index < -0.39 is 0 Å². The molecule has 10 aromatic carbocycles. The average molecular weight is 1020 g/mol. The maximum Gasteiger partial charge on any atom is 0.252 e. The van der Waals surface area contributed by atoms with E-state index in [0.29, 0.717) is 0 Å². The Morgan fingerprint density at radius 1 is 0.400 bits per heavy atom. The molecule has 0 radical (unpaired) electrons. The lowest BCUT2D eigenvalue weighted by molar-refractivity contribution is 1.16. The molecule has 9 heteroatoms. The number of benzene rings is 10. The fraction of sp³-hybridized carbons (Fsp3) is 0.0141. The fourth-order valence-corrected chi connectivity index (χ4v) is 14.8. The van der Waals surface area contributed by atoms with Gasteiger partial charge in [0.2, 0.25) is 0 Å². The van der Waals surface area contributed by atoms with Gasteiger partial charge in [-0.2, -0.15) is 0 Å². The van der Waals surface area contributed by atoms with Crippen LogP contribution in [0.5, 0.6) is 0 Å². The molecule has 7 nitrogen and oxygen atoms in total. The van der Waals surface area contributed by atoms with E-state index in [-0.39, 0.29) is 13.4 Å². The molecule has 0 bridgehead atoms. The highest BCUT2D eigenvalue weighted by atomic mass is 15.2. The summed E-state index contributed by atoms with van der Waals surface area (Å²) in [7, 11) is 0. The lowest BCUT2D eigenvalue weighted by atomic mass is 9.30. The number of hydrogen-bond donors (Lipinski definition) is 0. The van der Waals surface area contributed by atoms with Crippen molar-refractivity contribution in [2.24, 2.45) is 0 Å². The van der Waals surface area contributed by atoms with Gasteiger partial charge < -0.3 is 23.8 Å². The number of nitrogens with zero attached hydrogens (tertiary/aromatic N) is 7. The van der Waals surface area contributed by atoms with Crippen LogP contribution in [0.2, 0.25) is 0 Å². The summed E-state index contributed by atoms with van der Waals surface area (Å²) in [6.45, 7) is 2.14. The highest BCUT2D eigenvalue weighted by Gasteiger charge is 2.49. The number of rotatable bonds is 6. The first kappa shape index (κ1) is 43.7. The minimum Gasteiger partial charge on any atom is -0.310 e. The van der Waals surface area contributed by atoms with Gasteiger partial charge in [0.15, 0.2) is 0 Å². The molecule has 0 fully saturated rings. The van der Waals surface area contributed by atoms with Gasteiger partial charge in [-0.15, -0.1) is 0 Å². The Morgan fingerprint density at radius 3 is 1.40 bits per heavy atom. The van der Waals surface area contributed by atoms with E-state index in [1.807, 2.05) is 24.8 Å². The molecule has 14 aromatic rings. The van der Waals surface area contributed by atoms with E-state index in [4.69, 9.17) is 9.97 Å². The Balaban J connectivity index is 1.02. The zero-order chi connectivity index (χ0) is 52.3. The summed E-state index contributed by atoms with van der Waals surface area (Å²) in [6.07, 6.45) is 7.87. The third-order valence-corrected chi connectivity index (χ3v) is 17.7. The van der Waals surface area contributed by atoms with Crippen LogP contribution < -0.4 is 47.5 Å². The van der Waals surface area contributed by atoms with E-state index in [9.17, 15) is 0 Å². The lowest BCUT2D eigenvalue weighted by Gasteiger charge is -2.46. The standard InChI is InChI=1S/C71H45B2N7/c1-44-68-55(72-53-31-13-17-35-59(53)79-57-33-15-11-29-50(57)64-52(45-21-5-2-6-22-45)39-62(66(72)70(64)79)77(68)48-27-19-37-74-42-48)40-56-69(44)78(49-28-20-38-75-43-49)63-41-61(76(46-23-7-3-8-24-46)47-25-9-4-10-26-47)65-51-30-12-16-34-58(51)80-60-36-18-14-32-54(60)73(56)67(63)71(65)80/h2-43H,1H3. The van der Waals surface area contributed by atoms with Crippen molar-refractivity contribution < 1.29 is 0 Å². The zero-order valence-electron chi connectivity index (χ0n) is 43.5. The maximum atomic E-state index is 4.92. The third kappa shape index (κ3) is 5.69. The number of pyridine rings is 2. The number of anilines is 9. The lowest BCUT2D eigenvalue weighted by Crippen LogP contribution is -2.65. The second-order valence-corrected chi connectivity index (χ2v) is 21.7. The third-order valence-electron chi connectivity index (χ3n) is 17.7. The van der Waals surface area contributed by atoms with Crippen LogP contribution in [0.4, 0.5) is 51.2 Å². The monoisotopic (exact) mass is 1020 g/mol. The van der Waals surface area contributed by atoms with Crippen molar-refractivity contribution in [3.8, 4) is 22.5 Å². The van der Waals surface area contributed by atoms with Gasteiger partial charge >= 0.3 is 0 Å². The first-order valence-electron chi connectivity index (χ1n) is 27.6. The van der Waals surface area contributed by atoms with Crippen LogP contribution in [0, 0.1) is 6.92 Å². The highest BCUT2D eigenvalue weighted by molar-refractivity contribution is 7.03. The SMILES string of the molecule is Cc1c2c(cc3c1N(c1cccnc1)c1cc(N(c4ccccc4)c4ccccc4)c4c5ccccc5n5c4c1B3c1ccccc1-5)B1c3ccccc3-n3c4ccccc4c4c(-c5ccccc5)cc(c1c43)N2c1cccnc1. The first-order chi connectivity index (χ1) is 39.7. The molecule has 80 heavy (non-hydrogen) atoms.